The molecule has 0 saturated carbocycles. The summed E-state index contributed by atoms with van der Waals surface area (Å²) in [7, 11) is 0. The van der Waals surface area contributed by atoms with E-state index in [0.717, 1.165) is 28.0 Å². The Bertz CT molecular complexity index is 1290. The molecule has 0 spiro atoms. The quantitative estimate of drug-likeness (QED) is 0.392. The molecule has 0 atom stereocenters. The zero-order chi connectivity index (χ0) is 22.3. The van der Waals surface area contributed by atoms with Crippen molar-refractivity contribution < 1.29 is 23.6 Å². The zero-order valence-electron chi connectivity index (χ0n) is 17.3. The topological polar surface area (TPSA) is 85.5 Å². The lowest BCUT2D eigenvalue weighted by atomic mass is 10.0. The largest absolute Gasteiger partial charge is 0.477 e. The van der Waals surface area contributed by atoms with E-state index >= 15 is 0 Å². The molecule has 31 heavy (non-hydrogen) atoms. The van der Waals surface area contributed by atoms with Gasteiger partial charge in [-0.1, -0.05) is 5.16 Å². The Morgan fingerprint density at radius 1 is 1.06 bits per heavy atom. The summed E-state index contributed by atoms with van der Waals surface area (Å²) in [5, 5.41) is 14.0. The van der Waals surface area contributed by atoms with Crippen LogP contribution in [0.15, 0.2) is 40.9 Å². The molecule has 0 aliphatic carbocycles. The minimum Gasteiger partial charge on any atom is -0.477 e. The maximum absolute atomic E-state index is 13.5. The molecule has 4 rings (SSSR count). The van der Waals surface area contributed by atoms with E-state index < -0.39 is 5.97 Å². The molecule has 0 radical (unpaired) electrons. The fraction of sp³-hybridized carbons (Fsp3) is 0.174. The van der Waals surface area contributed by atoms with Gasteiger partial charge in [-0.25, -0.2) is 14.2 Å². The first-order chi connectivity index (χ1) is 14.7. The van der Waals surface area contributed by atoms with Crippen LogP contribution in [0.4, 0.5) is 4.39 Å². The van der Waals surface area contributed by atoms with E-state index in [1.165, 1.54) is 12.1 Å². The Morgan fingerprint density at radius 2 is 1.81 bits per heavy atom. The SMILES string of the molecule is Cc1cc(F)ccc1Oc1ccc(-c2nc(C)c(C(=O)O)s2)cc1-c1c(C)noc1C. The Kier molecular flexibility index (Phi) is 5.32. The molecule has 0 fully saturated rings. The Morgan fingerprint density at radius 3 is 2.42 bits per heavy atom. The lowest BCUT2D eigenvalue weighted by molar-refractivity contribution is 0.0701. The summed E-state index contributed by atoms with van der Waals surface area (Å²) in [4.78, 5) is 16.1. The van der Waals surface area contributed by atoms with Crippen molar-refractivity contribution in [3.63, 3.8) is 0 Å². The summed E-state index contributed by atoms with van der Waals surface area (Å²) in [6, 6.07) is 9.82. The van der Waals surface area contributed by atoms with Crippen LogP contribution in [0.1, 0.15) is 32.4 Å². The number of carboxylic acid groups (broad SMARTS) is 1. The van der Waals surface area contributed by atoms with Gasteiger partial charge in [0.25, 0.3) is 0 Å². The summed E-state index contributed by atoms with van der Waals surface area (Å²) in [5.41, 5.74) is 4.07. The number of aromatic nitrogens is 2. The Labute approximate surface area is 181 Å². The summed E-state index contributed by atoms with van der Waals surface area (Å²) >= 11 is 1.12. The molecule has 2 aromatic heterocycles. The summed E-state index contributed by atoms with van der Waals surface area (Å²) in [5.74, 6) is 0.357. The van der Waals surface area contributed by atoms with Gasteiger partial charge in [0.15, 0.2) is 0 Å². The molecule has 0 aliphatic heterocycles. The van der Waals surface area contributed by atoms with Crippen molar-refractivity contribution in [1.82, 2.24) is 10.1 Å². The number of hydrogen-bond donors (Lipinski definition) is 1. The number of carbonyl (C=O) groups is 1. The van der Waals surface area contributed by atoms with Crippen molar-refractivity contribution >= 4 is 17.3 Å². The second-order valence-corrected chi connectivity index (χ2v) is 8.16. The molecule has 4 aromatic rings. The van der Waals surface area contributed by atoms with Gasteiger partial charge in [0.05, 0.1) is 17.0 Å². The van der Waals surface area contributed by atoms with Crippen LogP contribution in [-0.4, -0.2) is 21.2 Å². The molecule has 0 saturated heterocycles. The predicted octanol–water partition coefficient (Wildman–Crippen LogP) is 6.33. The average Bonchev–Trinajstić information content (AvgIpc) is 3.26. The molecule has 6 nitrogen and oxygen atoms in total. The van der Waals surface area contributed by atoms with E-state index in [1.54, 1.807) is 26.0 Å². The lowest BCUT2D eigenvalue weighted by Gasteiger charge is -2.14. The smallest absolute Gasteiger partial charge is 0.347 e. The first-order valence-electron chi connectivity index (χ1n) is 9.47. The molecule has 158 valence electrons. The molecule has 1 N–H and O–H groups in total. The maximum Gasteiger partial charge on any atom is 0.347 e. The highest BCUT2D eigenvalue weighted by atomic mass is 32.1. The van der Waals surface area contributed by atoms with Crippen molar-refractivity contribution in [3.8, 4) is 33.2 Å². The van der Waals surface area contributed by atoms with E-state index in [2.05, 4.69) is 10.1 Å². The number of halogens is 1. The normalized spacial score (nSPS) is 11.0. The van der Waals surface area contributed by atoms with Crippen molar-refractivity contribution in [1.29, 1.82) is 0 Å². The van der Waals surface area contributed by atoms with Gasteiger partial charge in [0, 0.05) is 11.1 Å². The van der Waals surface area contributed by atoms with E-state index in [4.69, 9.17) is 9.26 Å². The van der Waals surface area contributed by atoms with Gasteiger partial charge < -0.3 is 14.4 Å². The van der Waals surface area contributed by atoms with Crippen LogP contribution in [0, 0.1) is 33.5 Å². The maximum atomic E-state index is 13.5. The van der Waals surface area contributed by atoms with Gasteiger partial charge in [-0.15, -0.1) is 11.3 Å². The summed E-state index contributed by atoms with van der Waals surface area (Å²) < 4.78 is 25.0. The van der Waals surface area contributed by atoms with Gasteiger partial charge in [-0.2, -0.15) is 0 Å². The molecule has 8 heteroatoms. The summed E-state index contributed by atoms with van der Waals surface area (Å²) in [6.45, 7) is 7.09. The van der Waals surface area contributed by atoms with Gasteiger partial charge >= 0.3 is 5.97 Å². The predicted molar refractivity (Wildman–Crippen MR) is 115 cm³/mol. The molecule has 0 unspecified atom stereocenters. The van der Waals surface area contributed by atoms with Crippen molar-refractivity contribution in [2.24, 2.45) is 0 Å². The van der Waals surface area contributed by atoms with E-state index in [0.29, 0.717) is 39.2 Å². The fourth-order valence-corrected chi connectivity index (χ4v) is 4.28. The summed E-state index contributed by atoms with van der Waals surface area (Å²) in [6.07, 6.45) is 0. The number of nitrogens with zero attached hydrogens (tertiary/aromatic N) is 2. The lowest BCUT2D eigenvalue weighted by Crippen LogP contribution is -1.94. The van der Waals surface area contributed by atoms with Crippen molar-refractivity contribution in [3.05, 3.63) is 69.8 Å². The van der Waals surface area contributed by atoms with Gasteiger partial charge in [-0.3, -0.25) is 0 Å². The minimum absolute atomic E-state index is 0.205. The third-order valence-electron chi connectivity index (χ3n) is 4.88. The third-order valence-corrected chi connectivity index (χ3v) is 6.07. The van der Waals surface area contributed by atoms with Gasteiger partial charge in [0.2, 0.25) is 0 Å². The molecule has 2 aromatic carbocycles. The number of aromatic carboxylic acids is 1. The molecule has 2 heterocycles. The minimum atomic E-state index is -1.00. The molecule has 0 aliphatic rings. The zero-order valence-corrected chi connectivity index (χ0v) is 18.1. The van der Waals surface area contributed by atoms with Crippen LogP contribution in [-0.2, 0) is 0 Å². The Balaban J connectivity index is 1.86. The number of aryl methyl sites for hydroxylation is 4. The molecular formula is C23H19FN2O4S. The Hall–Kier alpha value is -3.52. The van der Waals surface area contributed by atoms with Crippen LogP contribution in [0.3, 0.4) is 0 Å². The molecular weight excluding hydrogens is 419 g/mol. The van der Waals surface area contributed by atoms with Gasteiger partial charge in [-0.05, 0) is 69.7 Å². The number of ether oxygens (including phenoxy) is 1. The second kappa shape index (κ2) is 7.96. The van der Waals surface area contributed by atoms with Crippen LogP contribution >= 0.6 is 11.3 Å². The van der Waals surface area contributed by atoms with Crippen molar-refractivity contribution in [2.75, 3.05) is 0 Å². The number of thiazole rings is 1. The van der Waals surface area contributed by atoms with E-state index in [-0.39, 0.29) is 10.7 Å². The van der Waals surface area contributed by atoms with E-state index in [1.807, 2.05) is 26.0 Å². The van der Waals surface area contributed by atoms with Crippen LogP contribution < -0.4 is 4.74 Å². The first-order valence-corrected chi connectivity index (χ1v) is 10.3. The fourth-order valence-electron chi connectivity index (χ4n) is 3.38. The van der Waals surface area contributed by atoms with Crippen LogP contribution in [0.25, 0.3) is 21.7 Å². The average molecular weight is 438 g/mol. The highest BCUT2D eigenvalue weighted by Crippen LogP contribution is 2.41. The number of carboxylic acids is 1. The standard InChI is InChI=1S/C23H19FN2O4S/c1-11-9-16(24)6-8-18(11)29-19-7-5-15(22-25-13(3)21(31-22)23(27)28)10-17(19)20-12(2)26-30-14(20)4/h5-10H,1-4H3,(H,27,28). The highest BCUT2D eigenvalue weighted by molar-refractivity contribution is 7.17. The number of hydrogen-bond acceptors (Lipinski definition) is 6. The van der Waals surface area contributed by atoms with Crippen molar-refractivity contribution in [2.45, 2.75) is 27.7 Å². The monoisotopic (exact) mass is 438 g/mol. The van der Waals surface area contributed by atoms with Crippen LogP contribution in [0.5, 0.6) is 11.5 Å². The molecule has 0 bridgehead atoms. The van der Waals surface area contributed by atoms with E-state index in [9.17, 15) is 14.3 Å². The molecule has 0 amide bonds. The third kappa shape index (κ3) is 3.94. The highest BCUT2D eigenvalue weighted by Gasteiger charge is 2.21. The van der Waals surface area contributed by atoms with Gasteiger partial charge in [0.1, 0.15) is 33.0 Å². The second-order valence-electron chi connectivity index (χ2n) is 7.16. The number of benzene rings is 2. The van der Waals surface area contributed by atoms with Crippen LogP contribution in [0.2, 0.25) is 0 Å². The first kappa shape index (κ1) is 20.7. The number of rotatable bonds is 5.